The molecule has 1 saturated carbocycles. The Morgan fingerprint density at radius 3 is 1.95 bits per heavy atom. The third kappa shape index (κ3) is 8.24. The molecule has 40 heavy (non-hydrogen) atoms. The number of alkyl halides is 5. The summed E-state index contributed by atoms with van der Waals surface area (Å²) in [4.78, 5) is 0. The normalized spacial score (nSPS) is 18.1. The Bertz CT molecular complexity index is 1110. The molecular weight excluding hydrogens is 548 g/mol. The van der Waals surface area contributed by atoms with Gasteiger partial charge in [-0.05, 0) is 62.3 Å². The molecule has 11 heteroatoms. The standard InChI is InChI=1S/C29H34F8O3/c1-3-5-7-18-8-10-19(11-9-18)39-17-28(33,34)40-22-14-12-20(25(30)24(22)29(35,36)37)21-13-15-23(27(32)26(21)31)38-16-6-4-2/h12-15,18-19H,3-11,16-17H2,1-2H3. The first kappa shape index (κ1) is 32.0. The average Bonchev–Trinajstić information content (AvgIpc) is 2.89. The molecular formula is C29H34F8O3. The first-order chi connectivity index (χ1) is 18.9. The predicted molar refractivity (Wildman–Crippen MR) is 134 cm³/mol. The number of hydrogen-bond acceptors (Lipinski definition) is 3. The number of ether oxygens (including phenoxy) is 3. The van der Waals surface area contributed by atoms with Crippen molar-refractivity contribution < 1.29 is 49.3 Å². The summed E-state index contributed by atoms with van der Waals surface area (Å²) in [6, 6.07) is 2.91. The maximum Gasteiger partial charge on any atom is 0.422 e. The van der Waals surface area contributed by atoms with Crippen molar-refractivity contribution in [3.05, 3.63) is 47.3 Å². The second-order valence-corrected chi connectivity index (χ2v) is 10.1. The molecule has 0 spiro atoms. The Labute approximate surface area is 228 Å². The van der Waals surface area contributed by atoms with Gasteiger partial charge in [-0.2, -0.15) is 26.3 Å². The molecule has 0 heterocycles. The van der Waals surface area contributed by atoms with E-state index < -0.39 is 70.6 Å². The minimum atomic E-state index is -5.48. The number of unbranched alkanes of at least 4 members (excludes halogenated alkanes) is 2. The van der Waals surface area contributed by atoms with Crippen LogP contribution in [0, 0.1) is 23.4 Å². The van der Waals surface area contributed by atoms with Gasteiger partial charge in [0.2, 0.25) is 5.82 Å². The summed E-state index contributed by atoms with van der Waals surface area (Å²) in [7, 11) is 0. The highest BCUT2D eigenvalue weighted by molar-refractivity contribution is 5.68. The molecule has 0 radical (unpaired) electrons. The van der Waals surface area contributed by atoms with Crippen molar-refractivity contribution in [1.82, 2.24) is 0 Å². The van der Waals surface area contributed by atoms with Gasteiger partial charge in [0, 0.05) is 11.1 Å². The molecule has 3 rings (SSSR count). The highest BCUT2D eigenvalue weighted by Crippen LogP contribution is 2.44. The lowest BCUT2D eigenvalue weighted by Crippen LogP contribution is -2.35. The molecule has 0 aliphatic heterocycles. The summed E-state index contributed by atoms with van der Waals surface area (Å²) < 4.78 is 130. The SMILES string of the molecule is CCCCOc1ccc(-c2ccc(OC(F)(F)COC3CCC(CCCC)CC3)c(C(F)(F)F)c2F)c(F)c1F. The second kappa shape index (κ2) is 13.9. The van der Waals surface area contributed by atoms with Gasteiger partial charge in [0.1, 0.15) is 17.1 Å². The number of benzene rings is 2. The fourth-order valence-corrected chi connectivity index (χ4v) is 4.78. The van der Waals surface area contributed by atoms with E-state index in [0.29, 0.717) is 43.7 Å². The van der Waals surface area contributed by atoms with Crippen LogP contribution in [0.1, 0.15) is 77.2 Å². The lowest BCUT2D eigenvalue weighted by atomic mass is 9.84. The Kier molecular flexibility index (Phi) is 11.1. The summed E-state index contributed by atoms with van der Waals surface area (Å²) in [5.41, 5.74) is -3.97. The molecule has 2 aromatic carbocycles. The lowest BCUT2D eigenvalue weighted by molar-refractivity contribution is -0.225. The van der Waals surface area contributed by atoms with Gasteiger partial charge in [-0.15, -0.1) is 0 Å². The zero-order chi connectivity index (χ0) is 29.5. The fraction of sp³-hybridized carbons (Fsp3) is 0.586. The maximum atomic E-state index is 15.2. The van der Waals surface area contributed by atoms with Crippen LogP contribution in [0.4, 0.5) is 35.1 Å². The zero-order valence-electron chi connectivity index (χ0n) is 22.5. The zero-order valence-corrected chi connectivity index (χ0v) is 22.5. The van der Waals surface area contributed by atoms with Gasteiger partial charge < -0.3 is 14.2 Å². The summed E-state index contributed by atoms with van der Waals surface area (Å²) in [6.07, 6.45) is -3.00. The van der Waals surface area contributed by atoms with Crippen molar-refractivity contribution in [2.75, 3.05) is 13.2 Å². The van der Waals surface area contributed by atoms with Gasteiger partial charge in [-0.3, -0.25) is 0 Å². The third-order valence-corrected chi connectivity index (χ3v) is 6.99. The van der Waals surface area contributed by atoms with Crippen LogP contribution in [0.2, 0.25) is 0 Å². The topological polar surface area (TPSA) is 27.7 Å². The Hall–Kier alpha value is -2.56. The maximum absolute atomic E-state index is 15.2. The molecule has 0 unspecified atom stereocenters. The molecule has 224 valence electrons. The molecule has 1 aliphatic carbocycles. The monoisotopic (exact) mass is 582 g/mol. The Morgan fingerprint density at radius 1 is 0.750 bits per heavy atom. The van der Waals surface area contributed by atoms with Gasteiger partial charge in [0.15, 0.2) is 18.2 Å². The fourth-order valence-electron chi connectivity index (χ4n) is 4.78. The van der Waals surface area contributed by atoms with E-state index in [1.165, 1.54) is 0 Å². The van der Waals surface area contributed by atoms with Crippen molar-refractivity contribution >= 4 is 0 Å². The van der Waals surface area contributed by atoms with E-state index in [4.69, 9.17) is 9.47 Å². The van der Waals surface area contributed by atoms with E-state index >= 15 is 4.39 Å². The first-order valence-electron chi connectivity index (χ1n) is 13.6. The van der Waals surface area contributed by atoms with Crippen LogP contribution in [-0.4, -0.2) is 25.4 Å². The van der Waals surface area contributed by atoms with Gasteiger partial charge in [-0.25, -0.2) is 8.78 Å². The minimum Gasteiger partial charge on any atom is -0.490 e. The molecule has 0 aromatic heterocycles. The highest BCUT2D eigenvalue weighted by Gasteiger charge is 2.43. The molecule has 0 atom stereocenters. The van der Waals surface area contributed by atoms with Crippen molar-refractivity contribution in [1.29, 1.82) is 0 Å². The van der Waals surface area contributed by atoms with Crippen molar-refractivity contribution in [2.24, 2.45) is 5.92 Å². The van der Waals surface area contributed by atoms with Crippen LogP contribution in [0.5, 0.6) is 11.5 Å². The number of hydrogen-bond donors (Lipinski definition) is 0. The van der Waals surface area contributed by atoms with Crippen LogP contribution in [-0.2, 0) is 10.9 Å². The van der Waals surface area contributed by atoms with E-state index in [-0.39, 0.29) is 6.61 Å². The van der Waals surface area contributed by atoms with E-state index in [9.17, 15) is 30.7 Å². The predicted octanol–water partition coefficient (Wildman–Crippen LogP) is 9.71. The Morgan fingerprint density at radius 2 is 1.35 bits per heavy atom. The van der Waals surface area contributed by atoms with Crippen LogP contribution in [0.3, 0.4) is 0 Å². The molecule has 1 aliphatic rings. The highest BCUT2D eigenvalue weighted by atomic mass is 19.4. The average molecular weight is 583 g/mol. The van der Waals surface area contributed by atoms with Gasteiger partial charge in [0.05, 0.1) is 12.7 Å². The summed E-state index contributed by atoms with van der Waals surface area (Å²) >= 11 is 0. The second-order valence-electron chi connectivity index (χ2n) is 10.1. The van der Waals surface area contributed by atoms with E-state index in [2.05, 4.69) is 11.7 Å². The van der Waals surface area contributed by atoms with Crippen molar-refractivity contribution in [3.63, 3.8) is 0 Å². The van der Waals surface area contributed by atoms with Gasteiger partial charge in [0.25, 0.3) is 0 Å². The van der Waals surface area contributed by atoms with E-state index in [1.807, 2.05) is 6.92 Å². The molecule has 0 bridgehead atoms. The molecule has 0 N–H and O–H groups in total. The number of rotatable bonds is 13. The number of halogens is 8. The third-order valence-electron chi connectivity index (χ3n) is 6.99. The van der Waals surface area contributed by atoms with Crippen LogP contribution in [0.15, 0.2) is 24.3 Å². The molecule has 1 fully saturated rings. The van der Waals surface area contributed by atoms with E-state index in [0.717, 1.165) is 44.2 Å². The lowest BCUT2D eigenvalue weighted by Gasteiger charge is -2.30. The Balaban J connectivity index is 1.78. The molecule has 3 nitrogen and oxygen atoms in total. The minimum absolute atomic E-state index is 0.0724. The van der Waals surface area contributed by atoms with Crippen LogP contribution < -0.4 is 9.47 Å². The smallest absolute Gasteiger partial charge is 0.422 e. The first-order valence-corrected chi connectivity index (χ1v) is 13.6. The summed E-state index contributed by atoms with van der Waals surface area (Å²) in [6.45, 7) is 2.68. The van der Waals surface area contributed by atoms with Crippen LogP contribution in [0.25, 0.3) is 11.1 Å². The quantitative estimate of drug-likeness (QED) is 0.174. The van der Waals surface area contributed by atoms with Crippen molar-refractivity contribution in [2.45, 2.75) is 90.0 Å². The van der Waals surface area contributed by atoms with E-state index in [1.54, 1.807) is 0 Å². The molecule has 2 aromatic rings. The van der Waals surface area contributed by atoms with Gasteiger partial charge in [-0.1, -0.05) is 39.5 Å². The molecule has 0 amide bonds. The van der Waals surface area contributed by atoms with Crippen molar-refractivity contribution in [3.8, 4) is 22.6 Å². The molecule has 0 saturated heterocycles. The largest absolute Gasteiger partial charge is 0.490 e. The van der Waals surface area contributed by atoms with Crippen LogP contribution >= 0.6 is 0 Å². The summed E-state index contributed by atoms with van der Waals surface area (Å²) in [5, 5.41) is 0. The van der Waals surface area contributed by atoms with Gasteiger partial charge >= 0.3 is 12.3 Å². The summed E-state index contributed by atoms with van der Waals surface area (Å²) in [5.74, 6) is -6.71.